The molecule has 0 bridgehead atoms. The van der Waals surface area contributed by atoms with E-state index in [0.717, 1.165) is 48.2 Å². The third-order valence-electron chi connectivity index (χ3n) is 4.97. The minimum Gasteiger partial charge on any atom is -0.389 e. The molecule has 1 aliphatic rings. The van der Waals surface area contributed by atoms with Crippen LogP contribution < -0.4 is 10.2 Å². The van der Waals surface area contributed by atoms with E-state index in [2.05, 4.69) is 32.3 Å². The molecule has 4 rings (SSSR count). The van der Waals surface area contributed by atoms with E-state index < -0.39 is 6.10 Å². The summed E-state index contributed by atoms with van der Waals surface area (Å²) in [7, 11) is 0. The van der Waals surface area contributed by atoms with Crippen molar-refractivity contribution < 1.29 is 5.11 Å². The Morgan fingerprint density at radius 2 is 1.96 bits per heavy atom. The number of nitrogens with one attached hydrogen (secondary N) is 1. The molecular weight excluding hydrogens is 372 g/mol. The van der Waals surface area contributed by atoms with Gasteiger partial charge in [0.2, 0.25) is 0 Å². The summed E-state index contributed by atoms with van der Waals surface area (Å²) in [6.45, 7) is 5.38. The number of anilines is 3. The van der Waals surface area contributed by atoms with E-state index in [1.807, 2.05) is 43.3 Å². The molecule has 2 N–H and O–H groups in total. The van der Waals surface area contributed by atoms with Crippen LogP contribution >= 0.6 is 11.6 Å². The Hall–Kier alpha value is -2.63. The molecule has 0 aliphatic carbocycles. The minimum absolute atomic E-state index is 0.437. The molecule has 0 amide bonds. The van der Waals surface area contributed by atoms with E-state index in [9.17, 15) is 5.11 Å². The molecular formula is C22H23ClN4O. The number of aliphatic hydroxyl groups is 1. The Morgan fingerprint density at radius 1 is 1.11 bits per heavy atom. The smallest absolute Gasteiger partial charge is 0.136 e. The van der Waals surface area contributed by atoms with Gasteiger partial charge in [0.05, 0.1) is 6.10 Å². The average Bonchev–Trinajstić information content (AvgIpc) is 2.66. The maximum absolute atomic E-state index is 9.81. The Kier molecular flexibility index (Phi) is 5.20. The lowest BCUT2D eigenvalue weighted by molar-refractivity contribution is 0.199. The zero-order valence-electron chi connectivity index (χ0n) is 16.0. The van der Waals surface area contributed by atoms with Crippen LogP contribution in [0.4, 0.5) is 17.3 Å². The highest BCUT2D eigenvalue weighted by Gasteiger charge is 2.19. The van der Waals surface area contributed by atoms with Crippen molar-refractivity contribution in [2.45, 2.75) is 32.9 Å². The first-order valence-corrected chi connectivity index (χ1v) is 9.79. The Morgan fingerprint density at radius 3 is 2.75 bits per heavy atom. The van der Waals surface area contributed by atoms with E-state index >= 15 is 0 Å². The molecule has 1 atom stereocenters. The van der Waals surface area contributed by atoms with Crippen molar-refractivity contribution in [3.63, 3.8) is 0 Å². The van der Waals surface area contributed by atoms with Crippen molar-refractivity contribution in [3.8, 4) is 0 Å². The zero-order chi connectivity index (χ0) is 19.7. The molecule has 144 valence electrons. The van der Waals surface area contributed by atoms with Crippen molar-refractivity contribution in [2.24, 2.45) is 0 Å². The second-order valence-electron chi connectivity index (χ2n) is 7.17. The molecule has 0 unspecified atom stereocenters. The van der Waals surface area contributed by atoms with Gasteiger partial charge in [-0.15, -0.1) is 0 Å². The zero-order valence-corrected chi connectivity index (χ0v) is 16.7. The fraction of sp³-hybridized carbons (Fsp3) is 0.273. The first kappa shape index (κ1) is 18.7. The van der Waals surface area contributed by atoms with Crippen molar-refractivity contribution in [1.82, 2.24) is 9.97 Å². The summed E-state index contributed by atoms with van der Waals surface area (Å²) in [4.78, 5) is 11.4. The predicted octanol–water partition coefficient (Wildman–Crippen LogP) is 4.80. The molecule has 1 aromatic heterocycles. The number of aromatic nitrogens is 2. The number of benzene rings is 2. The predicted molar refractivity (Wildman–Crippen MR) is 113 cm³/mol. The van der Waals surface area contributed by atoms with Crippen molar-refractivity contribution in [3.05, 3.63) is 76.1 Å². The van der Waals surface area contributed by atoms with Crippen molar-refractivity contribution in [2.75, 3.05) is 16.8 Å². The maximum Gasteiger partial charge on any atom is 0.136 e. The van der Waals surface area contributed by atoms with Gasteiger partial charge in [-0.2, -0.15) is 0 Å². The standard InChI is InChI=1S/C22H23ClN4O/c1-14(28)16-6-7-18-13-27(9-8-17(18)10-16)22-12-21(24-15(2)25-22)26-20-5-3-4-19(23)11-20/h3-7,10-12,14,28H,8-9,13H2,1-2H3,(H,24,25,26)/t14-/m1/s1. The summed E-state index contributed by atoms with van der Waals surface area (Å²) < 4.78 is 0. The number of aliphatic hydroxyl groups excluding tert-OH is 1. The Labute approximate surface area is 170 Å². The summed E-state index contributed by atoms with van der Waals surface area (Å²) >= 11 is 6.08. The van der Waals surface area contributed by atoms with Crippen LogP contribution in [0.5, 0.6) is 0 Å². The SMILES string of the molecule is Cc1nc(Nc2cccc(Cl)c2)cc(N2CCc3cc([C@@H](C)O)ccc3C2)n1. The van der Waals surface area contributed by atoms with Crippen molar-refractivity contribution in [1.29, 1.82) is 0 Å². The molecule has 0 spiro atoms. The fourth-order valence-corrected chi connectivity index (χ4v) is 3.71. The third kappa shape index (κ3) is 4.11. The van der Waals surface area contributed by atoms with Gasteiger partial charge < -0.3 is 15.3 Å². The third-order valence-corrected chi connectivity index (χ3v) is 5.21. The van der Waals surface area contributed by atoms with E-state index in [0.29, 0.717) is 5.02 Å². The number of fused-ring (bicyclic) bond motifs is 1. The van der Waals surface area contributed by atoms with Gasteiger partial charge in [0.1, 0.15) is 17.5 Å². The van der Waals surface area contributed by atoms with E-state index in [-0.39, 0.29) is 0 Å². The first-order chi connectivity index (χ1) is 13.5. The van der Waals surface area contributed by atoms with Gasteiger partial charge in [0.25, 0.3) is 0 Å². The van der Waals surface area contributed by atoms with Crippen LogP contribution in [0.15, 0.2) is 48.5 Å². The molecule has 0 fully saturated rings. The lowest BCUT2D eigenvalue weighted by atomic mass is 9.96. The van der Waals surface area contributed by atoms with Crippen LogP contribution in [0.2, 0.25) is 5.02 Å². The second-order valence-corrected chi connectivity index (χ2v) is 7.61. The number of rotatable bonds is 4. The van der Waals surface area contributed by atoms with E-state index in [4.69, 9.17) is 11.6 Å². The lowest BCUT2D eigenvalue weighted by Gasteiger charge is -2.30. The van der Waals surface area contributed by atoms with Gasteiger partial charge >= 0.3 is 0 Å². The van der Waals surface area contributed by atoms with Gasteiger partial charge in [-0.25, -0.2) is 9.97 Å². The molecule has 5 nitrogen and oxygen atoms in total. The molecule has 28 heavy (non-hydrogen) atoms. The molecule has 3 aromatic rings. The molecule has 1 aliphatic heterocycles. The highest BCUT2D eigenvalue weighted by atomic mass is 35.5. The highest BCUT2D eigenvalue weighted by molar-refractivity contribution is 6.30. The summed E-state index contributed by atoms with van der Waals surface area (Å²) in [5.74, 6) is 2.37. The van der Waals surface area contributed by atoms with Crippen LogP contribution in [0.1, 0.15) is 35.5 Å². The average molecular weight is 395 g/mol. The minimum atomic E-state index is -0.437. The van der Waals surface area contributed by atoms with Crippen LogP contribution in [0, 0.1) is 6.92 Å². The van der Waals surface area contributed by atoms with Gasteiger partial charge in [0.15, 0.2) is 0 Å². The number of hydrogen-bond acceptors (Lipinski definition) is 5. The van der Waals surface area contributed by atoms with Crippen LogP contribution in [-0.4, -0.2) is 21.6 Å². The van der Waals surface area contributed by atoms with Gasteiger partial charge in [-0.1, -0.05) is 35.9 Å². The first-order valence-electron chi connectivity index (χ1n) is 9.41. The molecule has 0 radical (unpaired) electrons. The Bertz CT molecular complexity index is 1010. The Balaban J connectivity index is 1.57. The number of hydrogen-bond donors (Lipinski definition) is 2. The van der Waals surface area contributed by atoms with Crippen LogP contribution in [0.3, 0.4) is 0 Å². The second kappa shape index (κ2) is 7.78. The lowest BCUT2D eigenvalue weighted by Crippen LogP contribution is -2.31. The molecule has 0 saturated carbocycles. The van der Waals surface area contributed by atoms with Crippen LogP contribution in [-0.2, 0) is 13.0 Å². The quantitative estimate of drug-likeness (QED) is 0.665. The number of halogens is 1. The monoisotopic (exact) mass is 394 g/mol. The largest absolute Gasteiger partial charge is 0.389 e. The number of aryl methyl sites for hydroxylation is 1. The maximum atomic E-state index is 9.81. The van der Waals surface area contributed by atoms with Gasteiger partial charge in [-0.05, 0) is 55.2 Å². The topological polar surface area (TPSA) is 61.3 Å². The highest BCUT2D eigenvalue weighted by Crippen LogP contribution is 2.28. The molecule has 2 aromatic carbocycles. The molecule has 2 heterocycles. The summed E-state index contributed by atoms with van der Waals surface area (Å²) in [5.41, 5.74) is 4.44. The normalized spacial score (nSPS) is 14.5. The van der Waals surface area contributed by atoms with E-state index in [1.54, 1.807) is 6.92 Å². The van der Waals surface area contributed by atoms with Gasteiger partial charge in [0, 0.05) is 29.9 Å². The summed E-state index contributed by atoms with van der Waals surface area (Å²) in [6.07, 6.45) is 0.490. The number of nitrogens with zero attached hydrogens (tertiary/aromatic N) is 3. The van der Waals surface area contributed by atoms with E-state index in [1.165, 1.54) is 11.1 Å². The fourth-order valence-electron chi connectivity index (χ4n) is 3.52. The molecule has 6 heteroatoms. The van der Waals surface area contributed by atoms with Crippen LogP contribution in [0.25, 0.3) is 0 Å². The van der Waals surface area contributed by atoms with Gasteiger partial charge in [-0.3, -0.25) is 0 Å². The van der Waals surface area contributed by atoms with Crippen molar-refractivity contribution >= 4 is 28.9 Å². The summed E-state index contributed by atoms with van der Waals surface area (Å²) in [5, 5.41) is 13.8. The molecule has 0 saturated heterocycles. The summed E-state index contributed by atoms with van der Waals surface area (Å²) in [6, 6.07) is 15.8.